The summed E-state index contributed by atoms with van der Waals surface area (Å²) in [5, 5.41) is 0.711. The monoisotopic (exact) mass is 274 g/mol. The van der Waals surface area contributed by atoms with Gasteiger partial charge in [-0.1, -0.05) is 36.2 Å². The van der Waals surface area contributed by atoms with Crippen LogP contribution in [0, 0.1) is 0 Å². The molecule has 0 heterocycles. The molecule has 0 amide bonds. The Labute approximate surface area is 110 Å². The Kier molecular flexibility index (Phi) is 5.45. The SMILES string of the molecule is CCCC(=O)OC(C=O)c1ccc(Cl)c(Cl)c1. The Morgan fingerprint density at radius 2 is 2.12 bits per heavy atom. The van der Waals surface area contributed by atoms with E-state index in [1.807, 2.05) is 6.92 Å². The third kappa shape index (κ3) is 4.02. The fourth-order valence-corrected chi connectivity index (χ4v) is 1.57. The normalized spacial score (nSPS) is 11.9. The number of rotatable bonds is 5. The van der Waals surface area contributed by atoms with E-state index in [1.165, 1.54) is 6.07 Å². The zero-order valence-electron chi connectivity index (χ0n) is 9.28. The van der Waals surface area contributed by atoms with Crippen LogP contribution in [0.5, 0.6) is 0 Å². The second-order valence-electron chi connectivity index (χ2n) is 3.47. The minimum atomic E-state index is -0.927. The lowest BCUT2D eigenvalue weighted by atomic mass is 10.1. The van der Waals surface area contributed by atoms with Gasteiger partial charge in [0.25, 0.3) is 0 Å². The number of benzene rings is 1. The van der Waals surface area contributed by atoms with E-state index in [2.05, 4.69) is 0 Å². The van der Waals surface area contributed by atoms with Crippen molar-refractivity contribution in [3.05, 3.63) is 33.8 Å². The van der Waals surface area contributed by atoms with E-state index in [0.717, 1.165) is 0 Å². The van der Waals surface area contributed by atoms with Gasteiger partial charge in [0, 0.05) is 12.0 Å². The van der Waals surface area contributed by atoms with Crippen LogP contribution in [0.1, 0.15) is 31.4 Å². The average molecular weight is 275 g/mol. The molecule has 5 heteroatoms. The van der Waals surface area contributed by atoms with Crippen LogP contribution in [0.2, 0.25) is 10.0 Å². The summed E-state index contributed by atoms with van der Waals surface area (Å²) in [6.07, 6.45) is 0.591. The summed E-state index contributed by atoms with van der Waals surface area (Å²) in [6, 6.07) is 4.68. The van der Waals surface area contributed by atoms with E-state index in [0.29, 0.717) is 28.3 Å². The van der Waals surface area contributed by atoms with E-state index in [4.69, 9.17) is 27.9 Å². The molecule has 0 spiro atoms. The maximum absolute atomic E-state index is 11.3. The van der Waals surface area contributed by atoms with E-state index in [9.17, 15) is 9.59 Å². The van der Waals surface area contributed by atoms with Gasteiger partial charge in [-0.25, -0.2) is 0 Å². The molecule has 1 unspecified atom stereocenters. The predicted octanol–water partition coefficient (Wildman–Crippen LogP) is 3.58. The zero-order chi connectivity index (χ0) is 12.8. The van der Waals surface area contributed by atoms with Crippen LogP contribution in [0.25, 0.3) is 0 Å². The summed E-state index contributed by atoms with van der Waals surface area (Å²) in [4.78, 5) is 22.2. The highest BCUT2D eigenvalue weighted by molar-refractivity contribution is 6.42. The third-order valence-electron chi connectivity index (χ3n) is 2.11. The number of carbonyl (C=O) groups is 2. The number of hydrogen-bond donors (Lipinski definition) is 0. The summed E-state index contributed by atoms with van der Waals surface area (Å²) < 4.78 is 5.01. The molecule has 0 aliphatic heterocycles. The van der Waals surface area contributed by atoms with Gasteiger partial charge in [-0.2, -0.15) is 0 Å². The van der Waals surface area contributed by atoms with E-state index < -0.39 is 12.1 Å². The number of halogens is 2. The molecule has 0 N–H and O–H groups in total. The van der Waals surface area contributed by atoms with Crippen LogP contribution >= 0.6 is 23.2 Å². The minimum Gasteiger partial charge on any atom is -0.450 e. The Bertz CT molecular complexity index is 418. The second-order valence-corrected chi connectivity index (χ2v) is 4.28. The number of carbonyl (C=O) groups excluding carboxylic acids is 2. The van der Waals surface area contributed by atoms with Crippen molar-refractivity contribution < 1.29 is 14.3 Å². The molecule has 0 bridgehead atoms. The molecule has 0 saturated heterocycles. The van der Waals surface area contributed by atoms with Gasteiger partial charge in [0.1, 0.15) is 0 Å². The van der Waals surface area contributed by atoms with Crippen molar-refractivity contribution in [2.24, 2.45) is 0 Å². The zero-order valence-corrected chi connectivity index (χ0v) is 10.8. The minimum absolute atomic E-state index is 0.283. The molecule has 0 saturated carbocycles. The average Bonchev–Trinajstić information content (AvgIpc) is 2.30. The Morgan fingerprint density at radius 1 is 1.41 bits per heavy atom. The molecule has 1 aromatic rings. The van der Waals surface area contributed by atoms with Gasteiger partial charge >= 0.3 is 5.97 Å². The van der Waals surface area contributed by atoms with Crippen LogP contribution in [0.15, 0.2) is 18.2 Å². The molecule has 0 radical (unpaired) electrons. The van der Waals surface area contributed by atoms with Gasteiger partial charge in [-0.3, -0.25) is 9.59 Å². The summed E-state index contributed by atoms with van der Waals surface area (Å²) >= 11 is 11.6. The summed E-state index contributed by atoms with van der Waals surface area (Å²) in [5.74, 6) is -0.407. The first-order chi connectivity index (χ1) is 8.08. The van der Waals surface area contributed by atoms with Gasteiger partial charge in [0.15, 0.2) is 12.4 Å². The van der Waals surface area contributed by atoms with Crippen LogP contribution in [-0.4, -0.2) is 12.3 Å². The molecule has 1 aromatic carbocycles. The quantitative estimate of drug-likeness (QED) is 0.609. The molecule has 92 valence electrons. The van der Waals surface area contributed by atoms with Crippen molar-refractivity contribution in [3.8, 4) is 0 Å². The highest BCUT2D eigenvalue weighted by Crippen LogP contribution is 2.26. The molecule has 1 rings (SSSR count). The largest absolute Gasteiger partial charge is 0.450 e. The number of hydrogen-bond acceptors (Lipinski definition) is 3. The van der Waals surface area contributed by atoms with Crippen molar-refractivity contribution >= 4 is 35.5 Å². The number of esters is 1. The van der Waals surface area contributed by atoms with Gasteiger partial charge in [0.2, 0.25) is 0 Å². The smallest absolute Gasteiger partial charge is 0.306 e. The van der Waals surface area contributed by atoms with E-state index >= 15 is 0 Å². The fraction of sp³-hybridized carbons (Fsp3) is 0.333. The second kappa shape index (κ2) is 6.62. The maximum atomic E-state index is 11.3. The highest BCUT2D eigenvalue weighted by Gasteiger charge is 2.16. The fourth-order valence-electron chi connectivity index (χ4n) is 1.27. The number of aldehydes is 1. The van der Waals surface area contributed by atoms with Crippen molar-refractivity contribution in [1.29, 1.82) is 0 Å². The summed E-state index contributed by atoms with van der Waals surface area (Å²) in [6.45, 7) is 1.86. The Balaban J connectivity index is 2.82. The molecular weight excluding hydrogens is 263 g/mol. The highest BCUT2D eigenvalue weighted by atomic mass is 35.5. The van der Waals surface area contributed by atoms with E-state index in [-0.39, 0.29) is 6.42 Å². The third-order valence-corrected chi connectivity index (χ3v) is 2.85. The molecule has 0 aromatic heterocycles. The lowest BCUT2D eigenvalue weighted by Gasteiger charge is -2.12. The summed E-state index contributed by atoms with van der Waals surface area (Å²) in [5.41, 5.74) is 0.513. The number of ether oxygens (including phenoxy) is 1. The molecule has 3 nitrogen and oxygen atoms in total. The first-order valence-electron chi connectivity index (χ1n) is 5.18. The van der Waals surface area contributed by atoms with E-state index in [1.54, 1.807) is 12.1 Å². The van der Waals surface area contributed by atoms with Crippen molar-refractivity contribution in [3.63, 3.8) is 0 Å². The lowest BCUT2D eigenvalue weighted by Crippen LogP contribution is -2.12. The first-order valence-corrected chi connectivity index (χ1v) is 5.93. The van der Waals surface area contributed by atoms with Crippen LogP contribution in [0.3, 0.4) is 0 Å². The first kappa shape index (κ1) is 14.0. The van der Waals surface area contributed by atoms with Crippen molar-refractivity contribution in [1.82, 2.24) is 0 Å². The van der Waals surface area contributed by atoms with Crippen LogP contribution in [-0.2, 0) is 14.3 Å². The standard InChI is InChI=1S/C12H12Cl2O3/c1-2-3-12(16)17-11(7-15)8-4-5-9(13)10(14)6-8/h4-7,11H,2-3H2,1H3. The molecule has 17 heavy (non-hydrogen) atoms. The summed E-state index contributed by atoms with van der Waals surface area (Å²) in [7, 11) is 0. The maximum Gasteiger partial charge on any atom is 0.306 e. The molecular formula is C12H12Cl2O3. The van der Waals surface area contributed by atoms with Gasteiger partial charge in [0.05, 0.1) is 10.0 Å². The Morgan fingerprint density at radius 3 is 2.65 bits per heavy atom. The van der Waals surface area contributed by atoms with Crippen molar-refractivity contribution in [2.45, 2.75) is 25.9 Å². The predicted molar refractivity (Wildman–Crippen MR) is 66.3 cm³/mol. The van der Waals surface area contributed by atoms with Gasteiger partial charge < -0.3 is 4.74 Å². The Hall–Kier alpha value is -1.06. The molecule has 1 atom stereocenters. The van der Waals surface area contributed by atoms with Crippen LogP contribution in [0.4, 0.5) is 0 Å². The lowest BCUT2D eigenvalue weighted by molar-refractivity contribution is -0.152. The van der Waals surface area contributed by atoms with Crippen molar-refractivity contribution in [2.75, 3.05) is 0 Å². The molecule has 0 aliphatic rings. The van der Waals surface area contributed by atoms with Gasteiger partial charge in [-0.05, 0) is 18.6 Å². The molecule has 0 fully saturated rings. The van der Waals surface area contributed by atoms with Crippen LogP contribution < -0.4 is 0 Å². The topological polar surface area (TPSA) is 43.4 Å². The van der Waals surface area contributed by atoms with Gasteiger partial charge in [-0.15, -0.1) is 0 Å². The molecule has 0 aliphatic carbocycles.